The first kappa shape index (κ1) is 9.99. The maximum Gasteiger partial charge on any atom is 0.129 e. The highest BCUT2D eigenvalue weighted by Gasteiger charge is 2.09. The van der Waals surface area contributed by atoms with E-state index in [0.29, 0.717) is 5.82 Å². The van der Waals surface area contributed by atoms with Crippen LogP contribution in [0.1, 0.15) is 37.9 Å². The van der Waals surface area contributed by atoms with E-state index in [2.05, 4.69) is 11.9 Å². The Kier molecular flexibility index (Phi) is 3.71. The molecule has 0 radical (unpaired) electrons. The Labute approximate surface area is 78.6 Å². The number of aliphatic hydroxyl groups excluding tert-OH is 1. The Morgan fingerprint density at radius 1 is 1.62 bits per heavy atom. The molecular formula is C10H16N2O. The molecule has 1 heterocycles. The third-order valence-electron chi connectivity index (χ3n) is 2.06. The number of pyridine rings is 1. The summed E-state index contributed by atoms with van der Waals surface area (Å²) < 4.78 is 0. The highest BCUT2D eigenvalue weighted by atomic mass is 16.3. The minimum absolute atomic E-state index is 0.436. The van der Waals surface area contributed by atoms with Gasteiger partial charge in [0.05, 0.1) is 6.10 Å². The molecule has 0 bridgehead atoms. The Bertz CT molecular complexity index is 263. The smallest absolute Gasteiger partial charge is 0.129 e. The molecule has 0 amide bonds. The second-order valence-corrected chi connectivity index (χ2v) is 3.14. The zero-order valence-electron chi connectivity index (χ0n) is 7.90. The van der Waals surface area contributed by atoms with Crippen molar-refractivity contribution in [1.29, 1.82) is 0 Å². The second-order valence-electron chi connectivity index (χ2n) is 3.14. The first-order valence-corrected chi connectivity index (χ1v) is 4.64. The number of anilines is 1. The van der Waals surface area contributed by atoms with Crippen molar-refractivity contribution in [2.75, 3.05) is 5.73 Å². The van der Waals surface area contributed by atoms with Gasteiger partial charge < -0.3 is 10.8 Å². The molecule has 0 aliphatic carbocycles. The molecule has 3 N–H and O–H groups in total. The summed E-state index contributed by atoms with van der Waals surface area (Å²) >= 11 is 0. The Balaban J connectivity index is 2.65. The van der Waals surface area contributed by atoms with Gasteiger partial charge in [-0.3, -0.25) is 0 Å². The molecule has 1 unspecified atom stereocenters. The van der Waals surface area contributed by atoms with E-state index in [0.717, 1.165) is 24.8 Å². The summed E-state index contributed by atoms with van der Waals surface area (Å²) in [4.78, 5) is 3.93. The van der Waals surface area contributed by atoms with Crippen LogP contribution in [0.5, 0.6) is 0 Å². The van der Waals surface area contributed by atoms with Crippen LogP contribution < -0.4 is 5.73 Å². The van der Waals surface area contributed by atoms with Gasteiger partial charge in [-0.05, 0) is 12.5 Å². The minimum Gasteiger partial charge on any atom is -0.388 e. The van der Waals surface area contributed by atoms with Gasteiger partial charge in [-0.2, -0.15) is 0 Å². The third kappa shape index (κ3) is 2.70. The molecule has 72 valence electrons. The standard InChI is InChI=1S/C10H16N2O/c1-2-3-6-9(13)8-5-4-7-12-10(8)11/h4-5,7,9,13H,2-3,6H2,1H3,(H2,11,12). The van der Waals surface area contributed by atoms with E-state index in [9.17, 15) is 5.11 Å². The van der Waals surface area contributed by atoms with Crippen molar-refractivity contribution in [3.8, 4) is 0 Å². The van der Waals surface area contributed by atoms with Gasteiger partial charge in [-0.1, -0.05) is 25.8 Å². The van der Waals surface area contributed by atoms with Crippen LogP contribution >= 0.6 is 0 Å². The largest absolute Gasteiger partial charge is 0.388 e. The number of nitrogen functional groups attached to an aromatic ring is 1. The third-order valence-corrected chi connectivity index (χ3v) is 2.06. The quantitative estimate of drug-likeness (QED) is 0.743. The van der Waals surface area contributed by atoms with Crippen molar-refractivity contribution >= 4 is 5.82 Å². The molecule has 1 aromatic heterocycles. The summed E-state index contributed by atoms with van der Waals surface area (Å²) in [5.74, 6) is 0.436. The topological polar surface area (TPSA) is 59.1 Å². The van der Waals surface area contributed by atoms with E-state index in [1.165, 1.54) is 0 Å². The van der Waals surface area contributed by atoms with Gasteiger partial charge >= 0.3 is 0 Å². The summed E-state index contributed by atoms with van der Waals surface area (Å²) in [7, 11) is 0. The lowest BCUT2D eigenvalue weighted by Gasteiger charge is -2.11. The predicted octanol–water partition coefficient (Wildman–Crippen LogP) is 1.89. The SMILES string of the molecule is CCCCC(O)c1cccnc1N. The number of aromatic nitrogens is 1. The summed E-state index contributed by atoms with van der Waals surface area (Å²) in [6.45, 7) is 2.10. The lowest BCUT2D eigenvalue weighted by atomic mass is 10.1. The van der Waals surface area contributed by atoms with Gasteiger partial charge in [-0.25, -0.2) is 4.98 Å². The number of unbranched alkanes of at least 4 members (excludes halogenated alkanes) is 1. The summed E-state index contributed by atoms with van der Waals surface area (Å²) in [5.41, 5.74) is 6.37. The minimum atomic E-state index is -0.464. The van der Waals surface area contributed by atoms with Crippen molar-refractivity contribution < 1.29 is 5.11 Å². The highest BCUT2D eigenvalue weighted by molar-refractivity contribution is 5.39. The lowest BCUT2D eigenvalue weighted by Crippen LogP contribution is -2.03. The molecule has 0 spiro atoms. The number of rotatable bonds is 4. The Hall–Kier alpha value is -1.09. The van der Waals surface area contributed by atoms with Crippen molar-refractivity contribution in [3.05, 3.63) is 23.9 Å². The van der Waals surface area contributed by atoms with Gasteiger partial charge in [0, 0.05) is 11.8 Å². The molecule has 0 fully saturated rings. The monoisotopic (exact) mass is 180 g/mol. The Morgan fingerprint density at radius 2 is 2.38 bits per heavy atom. The van der Waals surface area contributed by atoms with Gasteiger partial charge in [0.25, 0.3) is 0 Å². The average Bonchev–Trinajstić information content (AvgIpc) is 2.15. The molecule has 0 saturated heterocycles. The van der Waals surface area contributed by atoms with Crippen LogP contribution in [-0.2, 0) is 0 Å². The van der Waals surface area contributed by atoms with Gasteiger partial charge in [0.15, 0.2) is 0 Å². The normalized spacial score (nSPS) is 12.8. The number of hydrogen-bond acceptors (Lipinski definition) is 3. The highest BCUT2D eigenvalue weighted by Crippen LogP contribution is 2.22. The van der Waals surface area contributed by atoms with Crippen LogP contribution in [-0.4, -0.2) is 10.1 Å². The molecule has 3 nitrogen and oxygen atoms in total. The van der Waals surface area contributed by atoms with Crippen LogP contribution in [0, 0.1) is 0 Å². The molecule has 0 aliphatic heterocycles. The van der Waals surface area contributed by atoms with E-state index in [1.54, 1.807) is 12.3 Å². The fourth-order valence-corrected chi connectivity index (χ4v) is 1.26. The maximum absolute atomic E-state index is 9.71. The van der Waals surface area contributed by atoms with E-state index in [1.807, 2.05) is 6.07 Å². The molecule has 0 aromatic carbocycles. The first-order chi connectivity index (χ1) is 6.25. The molecule has 0 saturated carbocycles. The van der Waals surface area contributed by atoms with E-state index in [4.69, 9.17) is 5.73 Å². The lowest BCUT2D eigenvalue weighted by molar-refractivity contribution is 0.164. The van der Waals surface area contributed by atoms with Gasteiger partial charge in [-0.15, -0.1) is 0 Å². The zero-order chi connectivity index (χ0) is 9.68. The molecule has 1 aromatic rings. The van der Waals surface area contributed by atoms with Crippen LogP contribution in [0.4, 0.5) is 5.82 Å². The van der Waals surface area contributed by atoms with Crippen molar-refractivity contribution in [2.45, 2.75) is 32.3 Å². The van der Waals surface area contributed by atoms with E-state index < -0.39 is 6.10 Å². The van der Waals surface area contributed by atoms with Gasteiger partial charge in [0.1, 0.15) is 5.82 Å². The van der Waals surface area contributed by atoms with E-state index in [-0.39, 0.29) is 0 Å². The molecule has 1 atom stereocenters. The second kappa shape index (κ2) is 4.82. The number of nitrogens with two attached hydrogens (primary N) is 1. The fraction of sp³-hybridized carbons (Fsp3) is 0.500. The summed E-state index contributed by atoms with van der Waals surface area (Å²) in [5, 5.41) is 9.71. The Morgan fingerprint density at radius 3 is 3.00 bits per heavy atom. The molecular weight excluding hydrogens is 164 g/mol. The fourth-order valence-electron chi connectivity index (χ4n) is 1.26. The van der Waals surface area contributed by atoms with Crippen LogP contribution in [0.15, 0.2) is 18.3 Å². The molecule has 13 heavy (non-hydrogen) atoms. The maximum atomic E-state index is 9.71. The summed E-state index contributed by atoms with van der Waals surface area (Å²) in [6, 6.07) is 3.61. The molecule has 0 aliphatic rings. The van der Waals surface area contributed by atoms with Crippen molar-refractivity contribution in [2.24, 2.45) is 0 Å². The summed E-state index contributed by atoms with van der Waals surface area (Å²) in [6.07, 6.45) is 4.01. The van der Waals surface area contributed by atoms with Gasteiger partial charge in [0.2, 0.25) is 0 Å². The zero-order valence-corrected chi connectivity index (χ0v) is 7.90. The number of nitrogens with zero attached hydrogens (tertiary/aromatic N) is 1. The predicted molar refractivity (Wildman–Crippen MR) is 53.1 cm³/mol. The van der Waals surface area contributed by atoms with Crippen LogP contribution in [0.3, 0.4) is 0 Å². The number of hydrogen-bond donors (Lipinski definition) is 2. The van der Waals surface area contributed by atoms with E-state index >= 15 is 0 Å². The first-order valence-electron chi connectivity index (χ1n) is 4.64. The van der Waals surface area contributed by atoms with Crippen molar-refractivity contribution in [1.82, 2.24) is 4.98 Å². The van der Waals surface area contributed by atoms with Crippen molar-refractivity contribution in [3.63, 3.8) is 0 Å². The molecule has 1 rings (SSSR count). The number of aliphatic hydroxyl groups is 1. The molecule has 3 heteroatoms. The van der Waals surface area contributed by atoms with Crippen LogP contribution in [0.2, 0.25) is 0 Å². The average molecular weight is 180 g/mol. The van der Waals surface area contributed by atoms with Crippen LogP contribution in [0.25, 0.3) is 0 Å².